The fraction of sp³-hybridized carbons (Fsp3) is 0.154. The van der Waals surface area contributed by atoms with Crippen molar-refractivity contribution in [3.05, 3.63) is 35.6 Å². The van der Waals surface area contributed by atoms with Crippen LogP contribution in [0, 0.1) is 0 Å². The van der Waals surface area contributed by atoms with Gasteiger partial charge in [0.15, 0.2) is 5.75 Å². The van der Waals surface area contributed by atoms with Crippen molar-refractivity contribution in [2.45, 2.75) is 0 Å². The monoisotopic (exact) mass is 357 g/mol. The number of halogens is 1. The number of methoxy groups -OCH3 is 1. The SMILES string of the molecule is COc1ccc(N)c(N(C)N)c1NOSOc1ccc(Cl)nc1. The second kappa shape index (κ2) is 7.97. The molecule has 2 aromatic rings. The molecule has 124 valence electrons. The molecule has 1 aromatic carbocycles. The molecule has 0 atom stereocenters. The fourth-order valence-electron chi connectivity index (χ4n) is 1.76. The minimum absolute atomic E-state index is 0.376. The van der Waals surface area contributed by atoms with E-state index in [-0.39, 0.29) is 0 Å². The predicted molar refractivity (Wildman–Crippen MR) is 92.2 cm³/mol. The van der Waals surface area contributed by atoms with E-state index in [1.54, 1.807) is 31.3 Å². The second-order valence-electron chi connectivity index (χ2n) is 4.34. The number of rotatable bonds is 7. The van der Waals surface area contributed by atoms with Gasteiger partial charge < -0.3 is 19.7 Å². The predicted octanol–water partition coefficient (Wildman–Crippen LogP) is 2.62. The number of ether oxygens (including phenoxy) is 1. The Balaban J connectivity index is 2.02. The molecule has 0 aliphatic heterocycles. The molecular formula is C13H16ClN5O3S. The summed E-state index contributed by atoms with van der Waals surface area (Å²) in [6, 6.07) is 6.65. The van der Waals surface area contributed by atoms with Gasteiger partial charge in [0.1, 0.15) is 22.3 Å². The number of aromatic nitrogens is 1. The number of anilines is 3. The van der Waals surface area contributed by atoms with E-state index in [9.17, 15) is 0 Å². The summed E-state index contributed by atoms with van der Waals surface area (Å²) in [5.74, 6) is 6.79. The number of hydrogen-bond donors (Lipinski definition) is 3. The third kappa shape index (κ3) is 4.45. The normalized spacial score (nSPS) is 10.3. The molecule has 0 fully saturated rings. The summed E-state index contributed by atoms with van der Waals surface area (Å²) in [4.78, 5) is 3.88. The van der Waals surface area contributed by atoms with Crippen molar-refractivity contribution in [1.82, 2.24) is 4.98 Å². The van der Waals surface area contributed by atoms with Crippen LogP contribution in [0.25, 0.3) is 0 Å². The Morgan fingerprint density at radius 3 is 2.70 bits per heavy atom. The van der Waals surface area contributed by atoms with E-state index in [0.717, 1.165) is 0 Å². The van der Waals surface area contributed by atoms with Crippen molar-refractivity contribution >= 4 is 41.0 Å². The van der Waals surface area contributed by atoms with Crippen LogP contribution in [0.1, 0.15) is 0 Å². The first-order valence-corrected chi connectivity index (χ1v) is 7.40. The summed E-state index contributed by atoms with van der Waals surface area (Å²) in [6.45, 7) is 0. The lowest BCUT2D eigenvalue weighted by Gasteiger charge is -2.21. The number of nitrogens with one attached hydrogen (secondary N) is 1. The van der Waals surface area contributed by atoms with E-state index in [4.69, 9.17) is 36.4 Å². The number of nitrogens with zero attached hydrogens (tertiary/aromatic N) is 2. The maximum atomic E-state index is 5.92. The van der Waals surface area contributed by atoms with Crippen molar-refractivity contribution in [2.24, 2.45) is 5.84 Å². The first kappa shape index (κ1) is 17.3. The Hall–Kier alpha value is -2.07. The molecule has 1 aromatic heterocycles. The van der Waals surface area contributed by atoms with Gasteiger partial charge in [0.25, 0.3) is 0 Å². The minimum atomic E-state index is 0.376. The fourth-order valence-corrected chi connectivity index (χ4v) is 2.20. The van der Waals surface area contributed by atoms with Gasteiger partial charge in [-0.15, -0.1) is 0 Å². The molecule has 8 nitrogen and oxygen atoms in total. The molecule has 2 rings (SSSR count). The lowest BCUT2D eigenvalue weighted by atomic mass is 10.2. The van der Waals surface area contributed by atoms with Crippen LogP contribution in [-0.2, 0) is 4.28 Å². The van der Waals surface area contributed by atoms with E-state index in [2.05, 4.69) is 10.5 Å². The van der Waals surface area contributed by atoms with E-state index >= 15 is 0 Å². The molecule has 0 radical (unpaired) electrons. The van der Waals surface area contributed by atoms with Gasteiger partial charge in [-0.25, -0.2) is 16.3 Å². The average Bonchev–Trinajstić information content (AvgIpc) is 2.53. The molecular weight excluding hydrogens is 342 g/mol. The molecule has 0 bridgehead atoms. The van der Waals surface area contributed by atoms with Crippen molar-refractivity contribution in [3.63, 3.8) is 0 Å². The number of hydrazine groups is 1. The van der Waals surface area contributed by atoms with Gasteiger partial charge in [-0.1, -0.05) is 11.6 Å². The van der Waals surface area contributed by atoms with Crippen LogP contribution in [0.15, 0.2) is 30.5 Å². The highest BCUT2D eigenvalue weighted by molar-refractivity contribution is 7.90. The van der Waals surface area contributed by atoms with Gasteiger partial charge in [0.05, 0.1) is 19.0 Å². The molecule has 10 heteroatoms. The Morgan fingerprint density at radius 1 is 1.30 bits per heavy atom. The first-order chi connectivity index (χ1) is 11.0. The van der Waals surface area contributed by atoms with Gasteiger partial charge >= 0.3 is 0 Å². The lowest BCUT2D eigenvalue weighted by molar-refractivity contribution is 0.398. The molecule has 0 spiro atoms. The average molecular weight is 358 g/mol. The summed E-state index contributed by atoms with van der Waals surface area (Å²) >= 11 is 6.39. The number of nitrogen functional groups attached to an aromatic ring is 1. The Kier molecular flexibility index (Phi) is 5.99. The van der Waals surface area contributed by atoms with Crippen LogP contribution in [-0.4, -0.2) is 19.1 Å². The molecule has 0 unspecified atom stereocenters. The van der Waals surface area contributed by atoms with E-state index in [1.165, 1.54) is 18.3 Å². The van der Waals surface area contributed by atoms with Gasteiger partial charge in [0.2, 0.25) is 12.3 Å². The molecule has 1 heterocycles. The number of nitrogens with two attached hydrogens (primary N) is 2. The maximum Gasteiger partial charge on any atom is 0.250 e. The van der Waals surface area contributed by atoms with Gasteiger partial charge in [-0.3, -0.25) is 0 Å². The molecule has 0 saturated heterocycles. The quantitative estimate of drug-likeness (QED) is 0.172. The number of pyridine rings is 1. The van der Waals surface area contributed by atoms with Gasteiger partial charge in [-0.2, -0.15) is 4.28 Å². The minimum Gasteiger partial charge on any atom is -0.494 e. The Labute approximate surface area is 143 Å². The molecule has 23 heavy (non-hydrogen) atoms. The van der Waals surface area contributed by atoms with Gasteiger partial charge in [0, 0.05) is 7.05 Å². The summed E-state index contributed by atoms with van der Waals surface area (Å²) in [6.07, 6.45) is 1.47. The van der Waals surface area contributed by atoms with Crippen molar-refractivity contribution < 1.29 is 13.2 Å². The summed E-state index contributed by atoms with van der Waals surface area (Å²) in [7, 11) is 3.18. The zero-order chi connectivity index (χ0) is 16.8. The first-order valence-electron chi connectivity index (χ1n) is 6.35. The van der Waals surface area contributed by atoms with E-state index in [1.807, 2.05) is 0 Å². The third-order valence-electron chi connectivity index (χ3n) is 2.75. The smallest absolute Gasteiger partial charge is 0.250 e. The summed E-state index contributed by atoms with van der Waals surface area (Å²) < 4.78 is 15.8. The largest absolute Gasteiger partial charge is 0.494 e. The molecule has 0 aliphatic rings. The zero-order valence-electron chi connectivity index (χ0n) is 12.4. The number of benzene rings is 1. The van der Waals surface area contributed by atoms with Crippen molar-refractivity contribution in [1.29, 1.82) is 0 Å². The van der Waals surface area contributed by atoms with Crippen molar-refractivity contribution in [2.75, 3.05) is 30.4 Å². The topological polar surface area (TPSA) is 108 Å². The third-order valence-corrected chi connectivity index (χ3v) is 3.39. The van der Waals surface area contributed by atoms with Gasteiger partial charge in [-0.05, 0) is 24.3 Å². The second-order valence-corrected chi connectivity index (χ2v) is 5.20. The van der Waals surface area contributed by atoms with Crippen LogP contribution < -0.4 is 31.0 Å². The molecule has 0 aliphatic carbocycles. The highest BCUT2D eigenvalue weighted by atomic mass is 35.5. The molecule has 5 N–H and O–H groups in total. The standard InChI is InChI=1S/C13H16ClN5O3S/c1-19(16)13-9(15)4-5-10(20-2)12(13)18-22-23-21-8-3-6-11(14)17-7-8/h3-7,18H,15-16H2,1-2H3. The van der Waals surface area contributed by atoms with Crippen molar-refractivity contribution in [3.8, 4) is 11.5 Å². The van der Waals surface area contributed by atoms with Crippen LogP contribution in [0.5, 0.6) is 11.5 Å². The van der Waals surface area contributed by atoms with E-state index < -0.39 is 0 Å². The lowest BCUT2D eigenvalue weighted by Crippen LogP contribution is -2.27. The Morgan fingerprint density at radius 2 is 2.09 bits per heavy atom. The molecule has 0 saturated carbocycles. The van der Waals surface area contributed by atoms with E-state index in [0.29, 0.717) is 46.0 Å². The van der Waals surface area contributed by atoms with Crippen LogP contribution in [0.3, 0.4) is 0 Å². The summed E-state index contributed by atoms with van der Waals surface area (Å²) in [5.41, 5.74) is 10.1. The highest BCUT2D eigenvalue weighted by Gasteiger charge is 2.15. The molecule has 0 amide bonds. The highest BCUT2D eigenvalue weighted by Crippen LogP contribution is 2.39. The van der Waals surface area contributed by atoms with Crippen LogP contribution >= 0.6 is 23.9 Å². The zero-order valence-corrected chi connectivity index (χ0v) is 14.0. The maximum absolute atomic E-state index is 5.92. The Bertz CT molecular complexity index is 657. The summed E-state index contributed by atoms with van der Waals surface area (Å²) in [5, 5.41) is 1.74. The number of hydrogen-bond acceptors (Lipinski definition) is 9. The van der Waals surface area contributed by atoms with Crippen LogP contribution in [0.2, 0.25) is 5.15 Å². The van der Waals surface area contributed by atoms with Crippen LogP contribution in [0.4, 0.5) is 17.1 Å².